The molecule has 0 radical (unpaired) electrons. The normalized spacial score (nSPS) is 11.3. The number of nitrogens with zero attached hydrogens (tertiary/aromatic N) is 1. The van der Waals surface area contributed by atoms with Crippen LogP contribution in [0.2, 0.25) is 0 Å². The van der Waals surface area contributed by atoms with Gasteiger partial charge in [0, 0.05) is 45.6 Å². The topological polar surface area (TPSA) is 20.3 Å². The number of hydrogen-bond acceptors (Lipinski definition) is 5. The molecule has 2 nitrogen and oxygen atoms in total. The monoisotopic (exact) mass is 569 g/mol. The Kier molecular flexibility index (Phi) is 14.0. The van der Waals surface area contributed by atoms with Crippen molar-refractivity contribution < 1.29 is 4.79 Å². The predicted molar refractivity (Wildman–Crippen MR) is 172 cm³/mol. The third kappa shape index (κ3) is 9.88. The number of benzene rings is 1. The van der Waals surface area contributed by atoms with Gasteiger partial charge in [-0.3, -0.25) is 4.79 Å². The number of aryl methyl sites for hydroxylation is 2. The number of unbranched alkanes of at least 4 members (excludes halogenated alkanes) is 10. The first-order valence-electron chi connectivity index (χ1n) is 14.7. The minimum Gasteiger partial charge on any atom is -0.378 e. The first kappa shape index (κ1) is 31.0. The highest BCUT2D eigenvalue weighted by molar-refractivity contribution is 8.01. The van der Waals surface area contributed by atoms with Crippen LogP contribution in [0.1, 0.15) is 110 Å². The van der Waals surface area contributed by atoms with E-state index in [2.05, 4.69) is 69.2 Å². The first-order valence-corrected chi connectivity index (χ1v) is 17.2. The smallest absolute Gasteiger partial charge is 0.160 e. The fraction of sp³-hybridized carbons (Fsp3) is 0.545. The molecule has 0 aliphatic carbocycles. The van der Waals surface area contributed by atoms with Gasteiger partial charge < -0.3 is 4.90 Å². The maximum absolute atomic E-state index is 12.1. The van der Waals surface area contributed by atoms with Crippen LogP contribution in [-0.2, 0) is 12.8 Å². The van der Waals surface area contributed by atoms with Crippen LogP contribution in [0, 0.1) is 0 Å². The molecule has 2 heterocycles. The minimum absolute atomic E-state index is 0.889. The lowest BCUT2D eigenvalue weighted by Gasteiger charge is -2.12. The number of carbonyl (C=O) groups excluding carboxylic acids is 1. The van der Waals surface area contributed by atoms with Gasteiger partial charge in [-0.05, 0) is 62.1 Å². The van der Waals surface area contributed by atoms with Gasteiger partial charge in [0.2, 0.25) is 0 Å². The molecule has 38 heavy (non-hydrogen) atoms. The van der Waals surface area contributed by atoms with Crippen LogP contribution < -0.4 is 4.90 Å². The molecule has 1 aromatic carbocycles. The molecule has 0 N–H and O–H groups in total. The predicted octanol–water partition coefficient (Wildman–Crippen LogP) is 11.3. The van der Waals surface area contributed by atoms with E-state index in [1.165, 1.54) is 107 Å². The summed E-state index contributed by atoms with van der Waals surface area (Å²) in [4.78, 5) is 19.2. The van der Waals surface area contributed by atoms with Crippen LogP contribution in [-0.4, -0.2) is 20.4 Å². The SMILES string of the molecule is CCCCCCCCc1cc(-c2cc(CCCCCCCC)sc2Sc2ccc(N(C)C)cc2)c(C=O)s1. The number of hydrogen-bond donors (Lipinski definition) is 0. The summed E-state index contributed by atoms with van der Waals surface area (Å²) in [5.74, 6) is 0. The van der Waals surface area contributed by atoms with E-state index in [1.807, 2.05) is 23.1 Å². The van der Waals surface area contributed by atoms with Crippen molar-refractivity contribution in [3.63, 3.8) is 0 Å². The molecule has 208 valence electrons. The van der Waals surface area contributed by atoms with Gasteiger partial charge in [-0.1, -0.05) is 89.8 Å². The summed E-state index contributed by atoms with van der Waals surface area (Å²) in [7, 11) is 4.16. The van der Waals surface area contributed by atoms with Crippen LogP contribution in [0.5, 0.6) is 0 Å². The Morgan fingerprint density at radius 3 is 1.79 bits per heavy atom. The van der Waals surface area contributed by atoms with Gasteiger partial charge in [-0.15, -0.1) is 22.7 Å². The van der Waals surface area contributed by atoms with Gasteiger partial charge >= 0.3 is 0 Å². The molecule has 3 rings (SSSR count). The van der Waals surface area contributed by atoms with Crippen molar-refractivity contribution in [1.29, 1.82) is 0 Å². The Morgan fingerprint density at radius 1 is 0.711 bits per heavy atom. The molecule has 5 heteroatoms. The zero-order valence-electron chi connectivity index (χ0n) is 24.0. The van der Waals surface area contributed by atoms with E-state index in [1.54, 1.807) is 11.3 Å². The van der Waals surface area contributed by atoms with Crippen LogP contribution in [0.4, 0.5) is 5.69 Å². The lowest BCUT2D eigenvalue weighted by atomic mass is 10.1. The van der Waals surface area contributed by atoms with E-state index >= 15 is 0 Å². The van der Waals surface area contributed by atoms with Crippen LogP contribution in [0.25, 0.3) is 11.1 Å². The second-order valence-corrected chi connectivity index (χ2v) is 14.2. The Hall–Kier alpha value is -1.56. The molecule has 0 fully saturated rings. The largest absolute Gasteiger partial charge is 0.378 e. The van der Waals surface area contributed by atoms with Gasteiger partial charge in [-0.25, -0.2) is 0 Å². The van der Waals surface area contributed by atoms with Crippen LogP contribution in [0.3, 0.4) is 0 Å². The van der Waals surface area contributed by atoms with Gasteiger partial charge in [0.15, 0.2) is 6.29 Å². The highest BCUT2D eigenvalue weighted by Gasteiger charge is 2.18. The first-order chi connectivity index (χ1) is 18.5. The fourth-order valence-electron chi connectivity index (χ4n) is 4.77. The van der Waals surface area contributed by atoms with Crippen molar-refractivity contribution in [2.24, 2.45) is 0 Å². The molecule has 2 aromatic heterocycles. The number of anilines is 1. The van der Waals surface area contributed by atoms with Crippen molar-refractivity contribution in [2.45, 2.75) is 113 Å². The summed E-state index contributed by atoms with van der Waals surface area (Å²) >= 11 is 5.48. The average Bonchev–Trinajstić information content (AvgIpc) is 3.51. The van der Waals surface area contributed by atoms with E-state index in [4.69, 9.17) is 0 Å². The molecule has 0 bridgehead atoms. The van der Waals surface area contributed by atoms with Gasteiger partial charge in [0.05, 0.1) is 9.09 Å². The lowest BCUT2D eigenvalue weighted by Crippen LogP contribution is -2.07. The van der Waals surface area contributed by atoms with Gasteiger partial charge in [0.1, 0.15) is 0 Å². The van der Waals surface area contributed by atoms with E-state index in [9.17, 15) is 4.79 Å². The number of rotatable bonds is 19. The maximum atomic E-state index is 12.1. The van der Waals surface area contributed by atoms with E-state index in [-0.39, 0.29) is 0 Å². The van der Waals surface area contributed by atoms with Crippen molar-refractivity contribution in [2.75, 3.05) is 19.0 Å². The summed E-state index contributed by atoms with van der Waals surface area (Å²) in [5.41, 5.74) is 3.61. The molecule has 0 saturated heterocycles. The van der Waals surface area contributed by atoms with E-state index in [0.29, 0.717) is 0 Å². The van der Waals surface area contributed by atoms with Crippen molar-refractivity contribution in [3.05, 3.63) is 51.0 Å². The molecular formula is C33H47NOS3. The zero-order valence-corrected chi connectivity index (χ0v) is 26.5. The second-order valence-electron chi connectivity index (χ2n) is 10.5. The Balaban J connectivity index is 1.77. The quantitative estimate of drug-likeness (QED) is 0.106. The third-order valence-electron chi connectivity index (χ3n) is 7.08. The Morgan fingerprint density at radius 2 is 1.24 bits per heavy atom. The lowest BCUT2D eigenvalue weighted by molar-refractivity contribution is 0.112. The Bertz CT molecular complexity index is 1080. The van der Waals surface area contributed by atoms with Gasteiger partial charge in [-0.2, -0.15) is 0 Å². The second kappa shape index (κ2) is 17.2. The van der Waals surface area contributed by atoms with E-state index in [0.717, 1.165) is 29.6 Å². The summed E-state index contributed by atoms with van der Waals surface area (Å²) in [6, 6.07) is 13.5. The van der Waals surface area contributed by atoms with Crippen LogP contribution >= 0.6 is 34.4 Å². The summed E-state index contributed by atoms with van der Waals surface area (Å²) < 4.78 is 1.32. The maximum Gasteiger partial charge on any atom is 0.160 e. The highest BCUT2D eigenvalue weighted by atomic mass is 32.2. The Labute approximate surface area is 244 Å². The zero-order chi connectivity index (χ0) is 27.2. The molecular weight excluding hydrogens is 523 g/mol. The van der Waals surface area contributed by atoms with Crippen molar-refractivity contribution in [1.82, 2.24) is 0 Å². The molecule has 0 amide bonds. The van der Waals surface area contributed by atoms with Crippen molar-refractivity contribution in [3.8, 4) is 11.1 Å². The van der Waals surface area contributed by atoms with Crippen LogP contribution in [0.15, 0.2) is 45.5 Å². The number of thiophene rings is 2. The molecule has 0 aliphatic heterocycles. The number of carbonyl (C=O) groups is 1. The van der Waals surface area contributed by atoms with E-state index < -0.39 is 0 Å². The molecule has 0 aliphatic rings. The molecule has 0 atom stereocenters. The summed E-state index contributed by atoms with van der Waals surface area (Å²) in [6.07, 6.45) is 19.0. The fourth-order valence-corrected chi connectivity index (χ4v) is 8.28. The third-order valence-corrected chi connectivity index (χ3v) is 10.6. The van der Waals surface area contributed by atoms with Crippen molar-refractivity contribution >= 4 is 46.4 Å². The summed E-state index contributed by atoms with van der Waals surface area (Å²) in [5, 5.41) is 0. The minimum atomic E-state index is 0.889. The molecule has 0 saturated carbocycles. The molecule has 0 spiro atoms. The number of aldehydes is 1. The summed E-state index contributed by atoms with van der Waals surface area (Å²) in [6.45, 7) is 4.54. The average molecular weight is 570 g/mol. The molecule has 0 unspecified atom stereocenters. The van der Waals surface area contributed by atoms with Gasteiger partial charge in [0.25, 0.3) is 0 Å². The molecule has 3 aromatic rings. The standard InChI is InChI=1S/C33H47NOS3/c1-5-7-9-11-13-15-17-28-23-30(32(25-35)36-28)31-24-29(18-16-14-12-10-8-6-2)38-33(31)37-27-21-19-26(20-22-27)34(3)4/h19-25H,5-18H2,1-4H3. The highest BCUT2D eigenvalue weighted by Crippen LogP contribution is 2.45.